The summed E-state index contributed by atoms with van der Waals surface area (Å²) in [6.07, 6.45) is 1.74. The summed E-state index contributed by atoms with van der Waals surface area (Å²) in [7, 11) is 2.09. The van der Waals surface area contributed by atoms with Crippen LogP contribution in [0.5, 0.6) is 11.5 Å². The molecular formula is C61H46N4OPtS. The van der Waals surface area contributed by atoms with Gasteiger partial charge in [-0.25, -0.2) is 0 Å². The molecule has 7 heteroatoms. The van der Waals surface area contributed by atoms with Gasteiger partial charge in [0, 0.05) is 25.7 Å². The van der Waals surface area contributed by atoms with Gasteiger partial charge in [-0.05, 0) is 74.5 Å². The third kappa shape index (κ3) is 6.06. The van der Waals surface area contributed by atoms with Gasteiger partial charge in [0.05, 0.1) is 5.41 Å². The number of nitrogens with zero attached hydrogens (tertiary/aromatic N) is 4. The normalized spacial score (nSPS) is 14.4. The molecule has 0 fully saturated rings. The molecule has 0 N–H and O–H groups in total. The topological polar surface area (TPSA) is 36.9 Å². The molecule has 11 aromatic rings. The monoisotopic (exact) mass is 1080 g/mol. The Morgan fingerprint density at radius 1 is 0.574 bits per heavy atom. The van der Waals surface area contributed by atoms with Crippen molar-refractivity contribution < 1.29 is 28.2 Å². The van der Waals surface area contributed by atoms with Crippen LogP contribution in [-0.2, 0) is 37.2 Å². The van der Waals surface area contributed by atoms with E-state index in [0.717, 1.165) is 47.9 Å². The second-order valence-corrected chi connectivity index (χ2v) is 21.1. The van der Waals surface area contributed by atoms with Crippen LogP contribution in [0.25, 0.3) is 66.6 Å². The number of rotatable bonds is 5. The molecule has 0 unspecified atom stereocenters. The number of fused-ring (bicyclic) bond motifs is 13. The van der Waals surface area contributed by atoms with Gasteiger partial charge in [0.2, 0.25) is 0 Å². The van der Waals surface area contributed by atoms with Gasteiger partial charge < -0.3 is 0 Å². The second kappa shape index (κ2) is 15.3. The van der Waals surface area contributed by atoms with Crippen LogP contribution in [0.15, 0.2) is 198 Å². The standard InChI is InChI=1S/C61H46N4OS.Pt/c1-38-31-59(62-36-48(38)39-25-27-40(28-26-39)60(2,3)4)65-55-33-43(66-42-16-14-15-41(32-42)64-37-63(5)53-21-10-11-22-54(53)64)29-30-45(55)47-34-46-44-17-6-7-18-49(44)61(52(46)35-56(47)65)50-19-8-12-23-57(50)67-58-24-13-9-20-51(58)61;/h6-36H,1-5H3;/i1D3;. The van der Waals surface area contributed by atoms with Gasteiger partial charge in [-0.15, -0.1) is 0 Å². The van der Waals surface area contributed by atoms with Crippen molar-refractivity contribution in [1.82, 2.24) is 18.7 Å². The molecule has 0 saturated heterocycles. The molecule has 0 radical (unpaired) electrons. The number of pyridine rings is 1. The Morgan fingerprint density at radius 2 is 1.25 bits per heavy atom. The number of aryl methyl sites for hydroxylation is 2. The van der Waals surface area contributed by atoms with E-state index in [1.807, 2.05) is 42.1 Å². The van der Waals surface area contributed by atoms with Crippen molar-refractivity contribution in [3.8, 4) is 45.3 Å². The molecule has 332 valence electrons. The van der Waals surface area contributed by atoms with Crippen molar-refractivity contribution in [2.24, 2.45) is 7.05 Å². The second-order valence-electron chi connectivity index (χ2n) is 19.0. The van der Waals surface area contributed by atoms with Gasteiger partial charge in [0.1, 0.15) is 0 Å². The van der Waals surface area contributed by atoms with E-state index in [4.69, 9.17) is 13.8 Å². The number of para-hydroxylation sites is 2. The SMILES string of the molecule is [2H]C([2H])([2H])c1cc(-n2c3cc(Oc4cccc(-n5[c](=[Pt])n(C)c6ccccc65)c4)ccc3c3cc4c(cc32)C2(c3ccccc3Sc3ccccc32)c2ccccc2-4)ncc1-c1ccc(C(C)(C)C)cc1. The van der Waals surface area contributed by atoms with Crippen molar-refractivity contribution in [1.29, 1.82) is 0 Å². The Kier molecular flexibility index (Phi) is 8.54. The van der Waals surface area contributed by atoms with Crippen molar-refractivity contribution in [3.63, 3.8) is 0 Å². The Balaban J connectivity index is 1.05. The first-order valence-corrected chi connectivity index (χ1v) is 24.9. The molecule has 3 aromatic heterocycles. The van der Waals surface area contributed by atoms with Gasteiger partial charge in [-0.3, -0.25) is 0 Å². The molecule has 13 rings (SSSR count). The van der Waals surface area contributed by atoms with Crippen molar-refractivity contribution >= 4 is 44.6 Å². The third-order valence-corrected chi connectivity index (χ3v) is 16.5. The van der Waals surface area contributed by atoms with Crippen molar-refractivity contribution in [2.75, 3.05) is 0 Å². The summed E-state index contributed by atoms with van der Waals surface area (Å²) < 4.78 is 41.4. The Bertz CT molecular complexity index is 4040. The molecule has 2 aliphatic rings. The average molecular weight is 1080 g/mol. The third-order valence-electron chi connectivity index (χ3n) is 14.1. The molecule has 5 nitrogen and oxygen atoms in total. The van der Waals surface area contributed by atoms with E-state index in [1.165, 1.54) is 48.7 Å². The predicted octanol–water partition coefficient (Wildman–Crippen LogP) is 15.4. The number of benzene rings is 8. The summed E-state index contributed by atoms with van der Waals surface area (Å²) in [5.74, 6) is 1.84. The van der Waals surface area contributed by atoms with Gasteiger partial charge in [0.25, 0.3) is 0 Å². The zero-order valence-corrected chi connectivity index (χ0v) is 40.9. The van der Waals surface area contributed by atoms with E-state index in [1.54, 1.807) is 12.3 Å². The quantitative estimate of drug-likeness (QED) is 0.172. The summed E-state index contributed by atoms with van der Waals surface area (Å²) in [5.41, 5.74) is 14.4. The first-order chi connectivity index (χ1) is 34.3. The fourth-order valence-corrected chi connectivity index (χ4v) is 13.0. The molecule has 1 spiro atoms. The molecule has 0 amide bonds. The van der Waals surface area contributed by atoms with Crippen LogP contribution in [0.2, 0.25) is 0 Å². The number of aromatic nitrogens is 4. The summed E-state index contributed by atoms with van der Waals surface area (Å²) in [6, 6.07) is 64.0. The van der Waals surface area contributed by atoms with E-state index < -0.39 is 12.3 Å². The number of ether oxygens (including phenoxy) is 1. The molecule has 1 aliphatic carbocycles. The summed E-state index contributed by atoms with van der Waals surface area (Å²) in [4.78, 5) is 7.66. The summed E-state index contributed by atoms with van der Waals surface area (Å²) in [6.45, 7) is 4.10. The van der Waals surface area contributed by atoms with Crippen LogP contribution in [-0.4, -0.2) is 18.7 Å². The molecule has 8 aromatic carbocycles. The molecular weight excluding hydrogens is 1030 g/mol. The van der Waals surface area contributed by atoms with Crippen LogP contribution < -0.4 is 4.74 Å². The minimum atomic E-state index is -2.44. The average Bonchev–Trinajstić information content (AvgIpc) is 3.94. The van der Waals surface area contributed by atoms with Gasteiger partial charge >= 0.3 is 194 Å². The first-order valence-electron chi connectivity index (χ1n) is 24.4. The minimum absolute atomic E-state index is 0.0509. The van der Waals surface area contributed by atoms with Gasteiger partial charge in [-0.2, -0.15) is 0 Å². The van der Waals surface area contributed by atoms with Crippen molar-refractivity contribution in [3.05, 3.63) is 225 Å². The van der Waals surface area contributed by atoms with Crippen LogP contribution in [0.4, 0.5) is 0 Å². The van der Waals surface area contributed by atoms with Gasteiger partial charge in [-0.1, -0.05) is 117 Å². The molecule has 0 bridgehead atoms. The Labute approximate surface area is 415 Å². The van der Waals surface area contributed by atoms with E-state index in [2.05, 4.69) is 206 Å². The maximum absolute atomic E-state index is 8.96. The number of hydrogen-bond donors (Lipinski definition) is 0. The summed E-state index contributed by atoms with van der Waals surface area (Å²) >= 11 is 4.21. The number of hydrogen-bond acceptors (Lipinski definition) is 3. The molecule has 0 atom stereocenters. The van der Waals surface area contributed by atoms with Crippen LogP contribution >= 0.6 is 11.8 Å². The minimum Gasteiger partial charge on any atom is -0.0894 e. The zero-order chi connectivity index (χ0) is 48.6. The van der Waals surface area contributed by atoms with Crippen molar-refractivity contribution in [2.45, 2.75) is 48.2 Å². The molecule has 68 heavy (non-hydrogen) atoms. The Morgan fingerprint density at radius 3 is 2.00 bits per heavy atom. The molecule has 1 aliphatic heterocycles. The molecule has 0 saturated carbocycles. The predicted molar refractivity (Wildman–Crippen MR) is 274 cm³/mol. The van der Waals surface area contributed by atoms with Crippen LogP contribution in [0.1, 0.15) is 58.3 Å². The maximum atomic E-state index is 8.96. The zero-order valence-electron chi connectivity index (χ0n) is 40.8. The van der Waals surface area contributed by atoms with E-state index in [0.29, 0.717) is 22.9 Å². The van der Waals surface area contributed by atoms with Gasteiger partial charge in [0.15, 0.2) is 0 Å². The smallest absolute Gasteiger partial charge is 0.0894 e. The summed E-state index contributed by atoms with van der Waals surface area (Å²) in [5, 5.41) is 2.04. The van der Waals surface area contributed by atoms with Crippen LogP contribution in [0.3, 0.4) is 0 Å². The fourth-order valence-electron chi connectivity index (χ4n) is 10.9. The van der Waals surface area contributed by atoms with E-state index in [-0.39, 0.29) is 11.0 Å². The Hall–Kier alpha value is -6.98. The van der Waals surface area contributed by atoms with Crippen LogP contribution in [0, 0.1) is 10.7 Å². The number of imidazole rings is 1. The van der Waals surface area contributed by atoms with E-state index >= 15 is 0 Å². The first kappa shape index (κ1) is 38.0. The van der Waals surface area contributed by atoms with E-state index in [9.17, 15) is 0 Å². The molecule has 4 heterocycles. The fraction of sp³-hybridized carbons (Fsp3) is 0.115.